The third-order valence-corrected chi connectivity index (χ3v) is 2.87. The smallest absolute Gasteiger partial charge is 0.144 e. The Morgan fingerprint density at radius 1 is 1.33 bits per heavy atom. The predicted molar refractivity (Wildman–Crippen MR) is 59.4 cm³/mol. The molecule has 1 aromatic heterocycles. The van der Waals surface area contributed by atoms with E-state index < -0.39 is 0 Å². The van der Waals surface area contributed by atoms with Crippen LogP contribution in [0.2, 0.25) is 0 Å². The zero-order valence-corrected chi connectivity index (χ0v) is 9.08. The minimum Gasteiger partial charge on any atom is -0.220 e. The number of nitriles is 1. The second kappa shape index (κ2) is 4.20. The lowest BCUT2D eigenvalue weighted by atomic mass is 10.1. The largest absolute Gasteiger partial charge is 0.220 e. The van der Waals surface area contributed by atoms with Crippen molar-refractivity contribution < 1.29 is 0 Å². The fraction of sp³-hybridized carbons (Fsp3) is 0.182. The Bertz CT molecular complexity index is 493. The molecule has 0 saturated carbocycles. The molecule has 0 spiro atoms. The molecule has 0 radical (unpaired) electrons. The topological polar surface area (TPSA) is 49.6 Å². The highest BCUT2D eigenvalue weighted by Crippen LogP contribution is 2.21. The number of nitrogens with zero attached hydrogens (tertiary/aromatic N) is 3. The van der Waals surface area contributed by atoms with Crippen LogP contribution in [-0.2, 0) is 6.42 Å². The molecule has 0 fully saturated rings. The van der Waals surface area contributed by atoms with Gasteiger partial charge < -0.3 is 0 Å². The van der Waals surface area contributed by atoms with E-state index in [0.717, 1.165) is 22.0 Å². The van der Waals surface area contributed by atoms with Crippen molar-refractivity contribution in [1.29, 1.82) is 5.26 Å². The van der Waals surface area contributed by atoms with Gasteiger partial charge in [0, 0.05) is 5.56 Å². The van der Waals surface area contributed by atoms with Crippen molar-refractivity contribution in [3.63, 3.8) is 0 Å². The highest BCUT2D eigenvalue weighted by molar-refractivity contribution is 7.09. The maximum Gasteiger partial charge on any atom is 0.144 e. The van der Waals surface area contributed by atoms with Crippen molar-refractivity contribution in [1.82, 2.24) is 9.36 Å². The van der Waals surface area contributed by atoms with E-state index in [1.165, 1.54) is 11.5 Å². The summed E-state index contributed by atoms with van der Waals surface area (Å²) in [4.78, 5) is 4.30. The first-order valence-electron chi connectivity index (χ1n) is 4.56. The summed E-state index contributed by atoms with van der Waals surface area (Å²) in [6.45, 7) is 1.88. The molecule has 15 heavy (non-hydrogen) atoms. The van der Waals surface area contributed by atoms with Crippen LogP contribution in [0.3, 0.4) is 0 Å². The first-order chi connectivity index (χ1) is 7.29. The van der Waals surface area contributed by atoms with Gasteiger partial charge in [0.25, 0.3) is 0 Å². The molecule has 4 heteroatoms. The average molecular weight is 215 g/mol. The van der Waals surface area contributed by atoms with E-state index in [0.29, 0.717) is 6.42 Å². The summed E-state index contributed by atoms with van der Waals surface area (Å²) < 4.78 is 4.13. The Kier molecular flexibility index (Phi) is 2.75. The van der Waals surface area contributed by atoms with Gasteiger partial charge in [-0.25, -0.2) is 4.98 Å². The normalized spacial score (nSPS) is 9.87. The number of rotatable bonds is 2. The molecule has 1 heterocycles. The summed E-state index contributed by atoms with van der Waals surface area (Å²) in [7, 11) is 0. The zero-order valence-electron chi connectivity index (χ0n) is 8.27. The Morgan fingerprint density at radius 2 is 2.07 bits per heavy atom. The van der Waals surface area contributed by atoms with Gasteiger partial charge in [0.2, 0.25) is 0 Å². The third-order valence-electron chi connectivity index (χ3n) is 2.01. The van der Waals surface area contributed by atoms with E-state index >= 15 is 0 Å². The maximum absolute atomic E-state index is 8.54. The molecular formula is C11H9N3S. The van der Waals surface area contributed by atoms with Gasteiger partial charge in [-0.05, 0) is 24.0 Å². The van der Waals surface area contributed by atoms with Gasteiger partial charge >= 0.3 is 0 Å². The van der Waals surface area contributed by atoms with Crippen molar-refractivity contribution in [2.45, 2.75) is 13.3 Å². The van der Waals surface area contributed by atoms with Crippen LogP contribution in [0.15, 0.2) is 24.3 Å². The quantitative estimate of drug-likeness (QED) is 0.773. The van der Waals surface area contributed by atoms with Crippen molar-refractivity contribution in [3.8, 4) is 16.6 Å². The van der Waals surface area contributed by atoms with E-state index in [9.17, 15) is 0 Å². The minimum absolute atomic E-state index is 0.454. The summed E-state index contributed by atoms with van der Waals surface area (Å²) in [5.74, 6) is 0.802. The first-order valence-corrected chi connectivity index (χ1v) is 5.33. The summed E-state index contributed by atoms with van der Waals surface area (Å²) >= 11 is 1.40. The van der Waals surface area contributed by atoms with Crippen LogP contribution in [0.4, 0.5) is 0 Å². The van der Waals surface area contributed by atoms with E-state index in [1.54, 1.807) is 0 Å². The molecule has 0 atom stereocenters. The fourth-order valence-electron chi connectivity index (χ4n) is 1.27. The molecular weight excluding hydrogens is 206 g/mol. The van der Waals surface area contributed by atoms with Crippen molar-refractivity contribution in [2.24, 2.45) is 0 Å². The summed E-state index contributed by atoms with van der Waals surface area (Å²) in [5, 5.41) is 9.47. The standard InChI is InChI=1S/C11H9N3S/c1-8-13-11(15-14-8)10-4-2-9(3-5-10)6-7-12/h2-5H,6H2,1H3. The molecule has 1 aromatic carbocycles. The number of benzene rings is 1. The molecule has 0 aliphatic rings. The van der Waals surface area contributed by atoms with Gasteiger partial charge in [-0.1, -0.05) is 24.3 Å². The second-order valence-electron chi connectivity index (χ2n) is 3.18. The lowest BCUT2D eigenvalue weighted by Crippen LogP contribution is -1.82. The van der Waals surface area contributed by atoms with E-state index in [-0.39, 0.29) is 0 Å². The summed E-state index contributed by atoms with van der Waals surface area (Å²) in [5.41, 5.74) is 2.09. The number of aromatic nitrogens is 2. The van der Waals surface area contributed by atoms with E-state index in [4.69, 9.17) is 5.26 Å². The molecule has 0 aliphatic carbocycles. The van der Waals surface area contributed by atoms with Crippen LogP contribution in [0.25, 0.3) is 10.6 Å². The predicted octanol–water partition coefficient (Wildman–Crippen LogP) is 2.58. The number of aryl methyl sites for hydroxylation is 1. The van der Waals surface area contributed by atoms with Gasteiger partial charge in [-0.15, -0.1) is 0 Å². The van der Waals surface area contributed by atoms with Crippen LogP contribution in [-0.4, -0.2) is 9.36 Å². The number of hydrogen-bond donors (Lipinski definition) is 0. The molecule has 2 rings (SSSR count). The van der Waals surface area contributed by atoms with E-state index in [1.807, 2.05) is 31.2 Å². The average Bonchev–Trinajstić information content (AvgIpc) is 2.67. The van der Waals surface area contributed by atoms with Gasteiger partial charge in [0.15, 0.2) is 0 Å². The molecule has 74 valence electrons. The monoisotopic (exact) mass is 215 g/mol. The van der Waals surface area contributed by atoms with Crippen LogP contribution in [0.1, 0.15) is 11.4 Å². The van der Waals surface area contributed by atoms with Gasteiger partial charge in [0.1, 0.15) is 10.8 Å². The molecule has 0 aliphatic heterocycles. The lowest BCUT2D eigenvalue weighted by molar-refractivity contribution is 1.17. The Labute approximate surface area is 92.2 Å². The van der Waals surface area contributed by atoms with Gasteiger partial charge in [-0.3, -0.25) is 0 Å². The Balaban J connectivity index is 2.28. The van der Waals surface area contributed by atoms with Crippen molar-refractivity contribution in [3.05, 3.63) is 35.7 Å². The Hall–Kier alpha value is -1.73. The second-order valence-corrected chi connectivity index (χ2v) is 3.93. The zero-order chi connectivity index (χ0) is 10.7. The summed E-state index contributed by atoms with van der Waals surface area (Å²) in [6.07, 6.45) is 0.454. The highest BCUT2D eigenvalue weighted by Gasteiger charge is 2.03. The fourth-order valence-corrected chi connectivity index (χ4v) is 1.94. The van der Waals surface area contributed by atoms with Crippen LogP contribution >= 0.6 is 11.5 Å². The molecule has 2 aromatic rings. The Morgan fingerprint density at radius 3 is 2.60 bits per heavy atom. The first kappa shape index (κ1) is 9.81. The molecule has 0 bridgehead atoms. The molecule has 0 saturated heterocycles. The lowest BCUT2D eigenvalue weighted by Gasteiger charge is -1.96. The van der Waals surface area contributed by atoms with Gasteiger partial charge in [0.05, 0.1) is 12.5 Å². The van der Waals surface area contributed by atoms with E-state index in [2.05, 4.69) is 15.4 Å². The molecule has 3 nitrogen and oxygen atoms in total. The van der Waals surface area contributed by atoms with Crippen molar-refractivity contribution >= 4 is 11.5 Å². The summed E-state index contributed by atoms with van der Waals surface area (Å²) in [6, 6.07) is 9.99. The number of hydrogen-bond acceptors (Lipinski definition) is 4. The van der Waals surface area contributed by atoms with Crippen molar-refractivity contribution in [2.75, 3.05) is 0 Å². The van der Waals surface area contributed by atoms with Crippen LogP contribution in [0.5, 0.6) is 0 Å². The highest BCUT2D eigenvalue weighted by atomic mass is 32.1. The van der Waals surface area contributed by atoms with Crippen LogP contribution in [0, 0.1) is 18.3 Å². The molecule has 0 N–H and O–H groups in total. The SMILES string of the molecule is Cc1nsc(-c2ccc(CC#N)cc2)n1. The van der Waals surface area contributed by atoms with Crippen LogP contribution < -0.4 is 0 Å². The molecule has 0 amide bonds. The minimum atomic E-state index is 0.454. The van der Waals surface area contributed by atoms with Gasteiger partial charge in [-0.2, -0.15) is 9.64 Å². The maximum atomic E-state index is 8.54. The molecule has 0 unspecified atom stereocenters. The third kappa shape index (κ3) is 2.20.